The Kier molecular flexibility index (Phi) is 5.27. The zero-order valence-corrected chi connectivity index (χ0v) is 17.5. The molecule has 1 aromatic heterocycles. The lowest BCUT2D eigenvalue weighted by molar-refractivity contribution is 0.0765. The molecule has 1 saturated heterocycles. The van der Waals surface area contributed by atoms with Gasteiger partial charge >= 0.3 is 0 Å². The van der Waals surface area contributed by atoms with E-state index < -0.39 is 0 Å². The van der Waals surface area contributed by atoms with Gasteiger partial charge in [0.15, 0.2) is 0 Å². The van der Waals surface area contributed by atoms with Crippen molar-refractivity contribution in [3.63, 3.8) is 0 Å². The van der Waals surface area contributed by atoms with Crippen molar-refractivity contribution in [2.75, 3.05) is 26.2 Å². The highest BCUT2D eigenvalue weighted by Crippen LogP contribution is 2.42. The fourth-order valence-electron chi connectivity index (χ4n) is 4.16. The largest absolute Gasteiger partial charge is 0.488 e. The van der Waals surface area contributed by atoms with Gasteiger partial charge in [-0.3, -0.25) is 9.69 Å². The van der Waals surface area contributed by atoms with E-state index in [0.717, 1.165) is 52.7 Å². The Morgan fingerprint density at radius 3 is 2.77 bits per heavy atom. The minimum absolute atomic E-state index is 0.0830. The number of thiophene rings is 1. The summed E-state index contributed by atoms with van der Waals surface area (Å²) in [7, 11) is 0. The summed E-state index contributed by atoms with van der Waals surface area (Å²) >= 11 is 1.56. The Bertz CT molecular complexity index is 1080. The molecule has 0 spiro atoms. The molecule has 6 heteroatoms. The summed E-state index contributed by atoms with van der Waals surface area (Å²) in [5.41, 5.74) is 2.86. The number of hydrogen-bond donors (Lipinski definition) is 0. The van der Waals surface area contributed by atoms with Crippen molar-refractivity contribution in [3.8, 4) is 16.2 Å². The number of benzene rings is 2. The third-order valence-corrected chi connectivity index (χ3v) is 6.96. The molecule has 30 heavy (non-hydrogen) atoms. The van der Waals surface area contributed by atoms with Gasteiger partial charge in [0, 0.05) is 54.3 Å². The van der Waals surface area contributed by atoms with E-state index >= 15 is 0 Å². The molecule has 3 heterocycles. The molecule has 2 aromatic carbocycles. The number of halogens is 1. The van der Waals surface area contributed by atoms with Gasteiger partial charge in [-0.1, -0.05) is 30.3 Å². The topological polar surface area (TPSA) is 32.8 Å². The van der Waals surface area contributed by atoms with Gasteiger partial charge in [0.1, 0.15) is 18.2 Å². The predicted molar refractivity (Wildman–Crippen MR) is 116 cm³/mol. The summed E-state index contributed by atoms with van der Waals surface area (Å²) in [4.78, 5) is 19.3. The number of carbonyl (C=O) groups is 1. The van der Waals surface area contributed by atoms with Crippen LogP contribution >= 0.6 is 11.3 Å². The number of ether oxygens (including phenoxy) is 1. The summed E-state index contributed by atoms with van der Waals surface area (Å²) in [6.07, 6.45) is 0.886. The van der Waals surface area contributed by atoms with Crippen molar-refractivity contribution < 1.29 is 13.9 Å². The smallest absolute Gasteiger partial charge is 0.263 e. The van der Waals surface area contributed by atoms with Crippen LogP contribution < -0.4 is 4.74 Å². The molecule has 1 amide bonds. The maximum absolute atomic E-state index is 14.0. The van der Waals surface area contributed by atoms with E-state index in [0.29, 0.717) is 25.3 Å². The second-order valence-corrected chi connectivity index (χ2v) is 8.82. The lowest BCUT2D eigenvalue weighted by Crippen LogP contribution is -2.34. The third-order valence-electron chi connectivity index (χ3n) is 5.76. The molecule has 0 saturated carbocycles. The van der Waals surface area contributed by atoms with Crippen LogP contribution in [-0.4, -0.2) is 41.9 Å². The maximum Gasteiger partial charge on any atom is 0.263 e. The Morgan fingerprint density at radius 1 is 1.03 bits per heavy atom. The van der Waals surface area contributed by atoms with E-state index in [9.17, 15) is 9.18 Å². The number of rotatable bonds is 3. The van der Waals surface area contributed by atoms with E-state index in [1.807, 2.05) is 47.4 Å². The summed E-state index contributed by atoms with van der Waals surface area (Å²) in [5.74, 6) is 0.797. The minimum atomic E-state index is -0.165. The quantitative estimate of drug-likeness (QED) is 0.608. The molecule has 4 nitrogen and oxygen atoms in total. The highest BCUT2D eigenvalue weighted by Gasteiger charge is 2.26. The van der Waals surface area contributed by atoms with Crippen LogP contribution in [0.2, 0.25) is 0 Å². The van der Waals surface area contributed by atoms with E-state index in [1.165, 1.54) is 6.07 Å². The number of hydrogen-bond acceptors (Lipinski definition) is 4. The molecule has 2 aliphatic heterocycles. The van der Waals surface area contributed by atoms with Gasteiger partial charge in [-0.25, -0.2) is 4.39 Å². The van der Waals surface area contributed by atoms with E-state index in [2.05, 4.69) is 4.90 Å². The average molecular weight is 423 g/mol. The highest BCUT2D eigenvalue weighted by atomic mass is 32.1. The van der Waals surface area contributed by atoms with Crippen LogP contribution in [0.3, 0.4) is 0 Å². The van der Waals surface area contributed by atoms with Gasteiger partial charge in [0.25, 0.3) is 5.91 Å². The van der Waals surface area contributed by atoms with E-state index in [4.69, 9.17) is 4.74 Å². The number of nitrogens with zero attached hydrogens (tertiary/aromatic N) is 2. The molecule has 0 N–H and O–H groups in total. The molecule has 0 atom stereocenters. The molecule has 2 aliphatic rings. The molecular weight excluding hydrogens is 399 g/mol. The Labute approximate surface area is 179 Å². The molecule has 5 rings (SSSR count). The fourth-order valence-corrected chi connectivity index (χ4v) is 5.33. The van der Waals surface area contributed by atoms with Crippen molar-refractivity contribution >= 4 is 17.2 Å². The van der Waals surface area contributed by atoms with Gasteiger partial charge < -0.3 is 9.64 Å². The van der Waals surface area contributed by atoms with Crippen molar-refractivity contribution in [1.82, 2.24) is 9.80 Å². The van der Waals surface area contributed by atoms with Crippen LogP contribution in [0, 0.1) is 5.82 Å². The zero-order valence-electron chi connectivity index (χ0n) is 16.6. The summed E-state index contributed by atoms with van der Waals surface area (Å²) in [6.45, 7) is 4.07. The van der Waals surface area contributed by atoms with Crippen LogP contribution in [-0.2, 0) is 13.2 Å². The first kappa shape index (κ1) is 19.3. The lowest BCUT2D eigenvalue weighted by atomic mass is 10.1. The van der Waals surface area contributed by atoms with Crippen LogP contribution in [0.15, 0.2) is 54.6 Å². The standard InChI is InChI=1S/C24H23FN2O2S/c25-20-8-3-1-6-17(20)15-26-10-5-11-27(13-12-26)24(28)22-14-18-16-29-21-9-4-2-7-19(21)23(18)30-22/h1-4,6-9,14H,5,10-13,15-16H2. The van der Waals surface area contributed by atoms with Gasteiger partial charge in [0.05, 0.1) is 4.88 Å². The van der Waals surface area contributed by atoms with Crippen LogP contribution in [0.4, 0.5) is 4.39 Å². The second kappa shape index (κ2) is 8.20. The predicted octanol–water partition coefficient (Wildman–Crippen LogP) is 4.79. The molecule has 0 radical (unpaired) electrons. The molecular formula is C24H23FN2O2S. The normalized spacial score (nSPS) is 16.4. The monoisotopic (exact) mass is 422 g/mol. The lowest BCUT2D eigenvalue weighted by Gasteiger charge is -2.22. The molecule has 0 aliphatic carbocycles. The van der Waals surface area contributed by atoms with Gasteiger partial charge in [-0.05, 0) is 30.7 Å². The Hall–Kier alpha value is -2.70. The van der Waals surface area contributed by atoms with Gasteiger partial charge in [-0.15, -0.1) is 11.3 Å². The fraction of sp³-hybridized carbons (Fsp3) is 0.292. The summed E-state index contributed by atoms with van der Waals surface area (Å²) in [5, 5.41) is 0. The maximum atomic E-state index is 14.0. The SMILES string of the molecule is O=C(c1cc2c(s1)-c1ccccc1OC2)N1CCCN(Cc2ccccc2F)CC1. The number of amides is 1. The highest BCUT2D eigenvalue weighted by molar-refractivity contribution is 7.17. The number of fused-ring (bicyclic) bond motifs is 3. The van der Waals surface area contributed by atoms with Gasteiger partial charge in [0.2, 0.25) is 0 Å². The summed E-state index contributed by atoms with van der Waals surface area (Å²) < 4.78 is 19.8. The summed E-state index contributed by atoms with van der Waals surface area (Å²) in [6, 6.07) is 16.9. The molecule has 154 valence electrons. The average Bonchev–Trinajstić information content (AvgIpc) is 3.08. The number of para-hydroxylation sites is 1. The van der Waals surface area contributed by atoms with E-state index in [-0.39, 0.29) is 11.7 Å². The first-order valence-electron chi connectivity index (χ1n) is 10.3. The zero-order chi connectivity index (χ0) is 20.5. The molecule has 0 unspecified atom stereocenters. The number of carbonyl (C=O) groups excluding carboxylic acids is 1. The Balaban J connectivity index is 1.29. The van der Waals surface area contributed by atoms with Crippen molar-refractivity contribution in [3.05, 3.63) is 76.4 Å². The van der Waals surface area contributed by atoms with Crippen LogP contribution in [0.25, 0.3) is 10.4 Å². The van der Waals surface area contributed by atoms with Crippen LogP contribution in [0.5, 0.6) is 5.75 Å². The van der Waals surface area contributed by atoms with Crippen molar-refractivity contribution in [2.45, 2.75) is 19.6 Å². The van der Waals surface area contributed by atoms with E-state index in [1.54, 1.807) is 17.4 Å². The molecule has 3 aromatic rings. The third kappa shape index (κ3) is 3.73. The van der Waals surface area contributed by atoms with Crippen LogP contribution in [0.1, 0.15) is 27.2 Å². The first-order valence-corrected chi connectivity index (χ1v) is 11.1. The molecule has 1 fully saturated rings. The second-order valence-electron chi connectivity index (χ2n) is 7.76. The van der Waals surface area contributed by atoms with Gasteiger partial charge in [-0.2, -0.15) is 0 Å². The van der Waals surface area contributed by atoms with Crippen molar-refractivity contribution in [2.24, 2.45) is 0 Å². The molecule has 0 bridgehead atoms. The Morgan fingerprint density at radius 2 is 1.87 bits per heavy atom. The first-order chi connectivity index (χ1) is 14.7. The minimum Gasteiger partial charge on any atom is -0.488 e. The van der Waals surface area contributed by atoms with Crippen molar-refractivity contribution in [1.29, 1.82) is 0 Å².